The molecule has 1 fully saturated rings. The van der Waals surface area contributed by atoms with Gasteiger partial charge in [-0.2, -0.15) is 0 Å². The molecule has 2 amide bonds. The smallest absolute Gasteiger partial charge is 0.227 e. The van der Waals surface area contributed by atoms with Gasteiger partial charge in [-0.25, -0.2) is 0 Å². The highest BCUT2D eigenvalue weighted by Crippen LogP contribution is 2.27. The summed E-state index contributed by atoms with van der Waals surface area (Å²) in [4.78, 5) is 29.6. The number of benzene rings is 2. The monoisotopic (exact) mass is 448 g/mol. The van der Waals surface area contributed by atoms with E-state index in [0.29, 0.717) is 45.4 Å². The van der Waals surface area contributed by atoms with Crippen LogP contribution in [-0.2, 0) is 22.4 Å². The fourth-order valence-corrected chi connectivity index (χ4v) is 4.42. The summed E-state index contributed by atoms with van der Waals surface area (Å²) in [7, 11) is 1.64. The van der Waals surface area contributed by atoms with Gasteiger partial charge in [0.25, 0.3) is 0 Å². The molecule has 1 aliphatic rings. The second kappa shape index (κ2) is 10.1. The molecule has 4 rings (SSSR count). The largest absolute Gasteiger partial charge is 0.497 e. The van der Waals surface area contributed by atoms with E-state index in [1.165, 1.54) is 5.56 Å². The summed E-state index contributed by atoms with van der Waals surface area (Å²) in [6, 6.07) is 11.9. The van der Waals surface area contributed by atoms with Gasteiger partial charge in [0.2, 0.25) is 11.8 Å². The van der Waals surface area contributed by atoms with Gasteiger partial charge in [0.15, 0.2) is 0 Å². The van der Waals surface area contributed by atoms with Crippen LogP contribution in [0.4, 0.5) is 0 Å². The van der Waals surface area contributed by atoms with Gasteiger partial charge in [0.05, 0.1) is 19.8 Å². The van der Waals surface area contributed by atoms with Crippen LogP contribution in [0.3, 0.4) is 0 Å². The minimum absolute atomic E-state index is 0.0865. The van der Waals surface area contributed by atoms with E-state index in [-0.39, 0.29) is 11.8 Å². The number of fused-ring (bicyclic) bond motifs is 1. The first kappa shape index (κ1) is 22.9. The molecule has 0 N–H and O–H groups in total. The van der Waals surface area contributed by atoms with Crippen molar-refractivity contribution in [2.75, 3.05) is 33.3 Å². The van der Waals surface area contributed by atoms with E-state index in [9.17, 15) is 9.59 Å². The van der Waals surface area contributed by atoms with Crippen molar-refractivity contribution in [2.24, 2.45) is 0 Å². The molecule has 1 aliphatic heterocycles. The van der Waals surface area contributed by atoms with Gasteiger partial charge in [0, 0.05) is 43.5 Å². The quantitative estimate of drug-likeness (QED) is 0.564. The summed E-state index contributed by atoms with van der Waals surface area (Å²) in [6.45, 7) is 6.62. The molecule has 174 valence electrons. The summed E-state index contributed by atoms with van der Waals surface area (Å²) in [5.41, 5.74) is 5.20. The lowest BCUT2D eigenvalue weighted by atomic mass is 10.0. The van der Waals surface area contributed by atoms with Gasteiger partial charge in [-0.05, 0) is 55.5 Å². The van der Waals surface area contributed by atoms with Gasteiger partial charge < -0.3 is 19.0 Å². The number of hydrogen-bond donors (Lipinski definition) is 0. The Hall–Kier alpha value is -3.28. The van der Waals surface area contributed by atoms with E-state index in [4.69, 9.17) is 9.15 Å². The number of carbonyl (C=O) groups excluding carboxylic acids is 2. The predicted octanol–water partition coefficient (Wildman–Crippen LogP) is 4.29. The Kier molecular flexibility index (Phi) is 7.02. The number of methoxy groups -OCH3 is 1. The van der Waals surface area contributed by atoms with Crippen molar-refractivity contribution in [3.05, 3.63) is 64.9 Å². The summed E-state index contributed by atoms with van der Waals surface area (Å²) in [6.07, 6.45) is 4.00. The first-order chi connectivity index (χ1) is 16.0. The lowest BCUT2D eigenvalue weighted by Gasteiger charge is -2.22. The van der Waals surface area contributed by atoms with Crippen LogP contribution in [0, 0.1) is 13.8 Å². The molecule has 0 atom stereocenters. The number of carbonyl (C=O) groups is 2. The van der Waals surface area contributed by atoms with E-state index in [1.807, 2.05) is 47.1 Å². The number of rotatable bonds is 6. The molecule has 0 spiro atoms. The molecule has 1 saturated heterocycles. The van der Waals surface area contributed by atoms with E-state index < -0.39 is 0 Å². The Balaban J connectivity index is 1.31. The molecule has 2 heterocycles. The molecule has 0 bridgehead atoms. The average Bonchev–Trinajstić information content (AvgIpc) is 3.06. The molecule has 0 saturated carbocycles. The molecule has 6 nitrogen and oxygen atoms in total. The third-order valence-electron chi connectivity index (χ3n) is 6.67. The molecule has 3 aromatic rings. The maximum atomic E-state index is 13.0. The van der Waals surface area contributed by atoms with Gasteiger partial charge in [-0.3, -0.25) is 9.59 Å². The Morgan fingerprint density at radius 3 is 2.33 bits per heavy atom. The zero-order chi connectivity index (χ0) is 23.4. The Bertz CT molecular complexity index is 1130. The highest BCUT2D eigenvalue weighted by Gasteiger charge is 2.23. The average molecular weight is 449 g/mol. The molecule has 0 unspecified atom stereocenters. The van der Waals surface area contributed by atoms with Crippen LogP contribution in [0.15, 0.2) is 47.1 Å². The fourth-order valence-electron chi connectivity index (χ4n) is 4.42. The van der Waals surface area contributed by atoms with Crippen LogP contribution < -0.4 is 4.74 Å². The zero-order valence-corrected chi connectivity index (χ0v) is 19.7. The minimum Gasteiger partial charge on any atom is -0.497 e. The van der Waals surface area contributed by atoms with Crippen LogP contribution in [0.5, 0.6) is 5.75 Å². The summed E-state index contributed by atoms with van der Waals surface area (Å²) in [5.74, 6) is 1.05. The Morgan fingerprint density at radius 2 is 1.64 bits per heavy atom. The molecule has 2 aromatic carbocycles. The van der Waals surface area contributed by atoms with E-state index in [0.717, 1.165) is 39.8 Å². The molecule has 6 heteroatoms. The highest BCUT2D eigenvalue weighted by atomic mass is 16.5. The van der Waals surface area contributed by atoms with E-state index in [2.05, 4.69) is 13.0 Å². The SMILES string of the molecule is COc1ccc(CCC(=O)N2CCCN(C(=O)Cc3coc4c(C)c(C)ccc34)CC2)cc1. The number of aryl methyl sites for hydroxylation is 3. The summed E-state index contributed by atoms with van der Waals surface area (Å²) >= 11 is 0. The maximum Gasteiger partial charge on any atom is 0.227 e. The first-order valence-corrected chi connectivity index (χ1v) is 11.6. The molecular weight excluding hydrogens is 416 g/mol. The fraction of sp³-hybridized carbons (Fsp3) is 0.407. The number of furan rings is 1. The highest BCUT2D eigenvalue weighted by molar-refractivity contribution is 5.89. The lowest BCUT2D eigenvalue weighted by Crippen LogP contribution is -2.38. The van der Waals surface area contributed by atoms with Crippen molar-refractivity contribution >= 4 is 22.8 Å². The molecule has 1 aromatic heterocycles. The minimum atomic E-state index is 0.0865. The number of nitrogens with zero attached hydrogens (tertiary/aromatic N) is 2. The molecule has 0 aliphatic carbocycles. The van der Waals surface area contributed by atoms with Gasteiger partial charge in [0.1, 0.15) is 11.3 Å². The second-order valence-corrected chi connectivity index (χ2v) is 8.79. The van der Waals surface area contributed by atoms with Crippen molar-refractivity contribution in [3.63, 3.8) is 0 Å². The summed E-state index contributed by atoms with van der Waals surface area (Å²) < 4.78 is 11.0. The third-order valence-corrected chi connectivity index (χ3v) is 6.67. The van der Waals surface area contributed by atoms with Gasteiger partial charge in [-0.1, -0.05) is 24.3 Å². The predicted molar refractivity (Wildman–Crippen MR) is 128 cm³/mol. The number of amides is 2. The first-order valence-electron chi connectivity index (χ1n) is 11.6. The lowest BCUT2D eigenvalue weighted by molar-refractivity contribution is -0.133. The number of ether oxygens (including phenoxy) is 1. The van der Waals surface area contributed by atoms with Crippen LogP contribution in [0.1, 0.15) is 35.1 Å². The Labute approximate surface area is 195 Å². The topological polar surface area (TPSA) is 63.0 Å². The second-order valence-electron chi connectivity index (χ2n) is 8.79. The standard InChI is InChI=1S/C27H32N2O4/c1-19-5-11-24-22(18-33-27(24)20(19)2)17-26(31)29-14-4-13-28(15-16-29)25(30)12-8-21-6-9-23(32-3)10-7-21/h5-7,9-11,18H,4,8,12-17H2,1-3H3. The van der Waals surface area contributed by atoms with Crippen molar-refractivity contribution in [3.8, 4) is 5.75 Å². The van der Waals surface area contributed by atoms with E-state index >= 15 is 0 Å². The molecule has 33 heavy (non-hydrogen) atoms. The van der Waals surface area contributed by atoms with Crippen molar-refractivity contribution in [2.45, 2.75) is 39.5 Å². The van der Waals surface area contributed by atoms with Crippen LogP contribution >= 0.6 is 0 Å². The van der Waals surface area contributed by atoms with Crippen LogP contribution in [0.2, 0.25) is 0 Å². The van der Waals surface area contributed by atoms with Gasteiger partial charge in [-0.15, -0.1) is 0 Å². The number of hydrogen-bond acceptors (Lipinski definition) is 4. The molecule has 0 radical (unpaired) electrons. The van der Waals surface area contributed by atoms with Crippen molar-refractivity contribution < 1.29 is 18.7 Å². The zero-order valence-electron chi connectivity index (χ0n) is 19.7. The molecular formula is C27H32N2O4. The normalized spacial score (nSPS) is 14.4. The van der Waals surface area contributed by atoms with E-state index in [1.54, 1.807) is 13.4 Å². The maximum absolute atomic E-state index is 13.0. The third kappa shape index (κ3) is 5.21. The summed E-state index contributed by atoms with van der Waals surface area (Å²) in [5, 5.41) is 1.01. The Morgan fingerprint density at radius 1 is 0.939 bits per heavy atom. The van der Waals surface area contributed by atoms with Crippen LogP contribution in [0.25, 0.3) is 11.0 Å². The van der Waals surface area contributed by atoms with Crippen LogP contribution in [-0.4, -0.2) is 54.9 Å². The van der Waals surface area contributed by atoms with Gasteiger partial charge >= 0.3 is 0 Å². The van der Waals surface area contributed by atoms with Crippen molar-refractivity contribution in [1.82, 2.24) is 9.80 Å². The van der Waals surface area contributed by atoms with Crippen molar-refractivity contribution in [1.29, 1.82) is 0 Å².